The second-order valence-electron chi connectivity index (χ2n) is 0. The van der Waals surface area contributed by atoms with Crippen molar-refractivity contribution in [3.05, 3.63) is 41.5 Å². The van der Waals surface area contributed by atoms with Crippen LogP contribution in [0.1, 0.15) is 41.5 Å². The number of rotatable bonds is 0. The number of halogens is 1. The van der Waals surface area contributed by atoms with E-state index in [4.69, 9.17) is 0 Å². The first-order valence-electron chi connectivity index (χ1n) is 4.24. The standard InChI is InChI=1S/6C2H5.2Al.FH.Na/c6*1-2;;;;/h6*1H2,2H3;;;1H;/q6*-1;2*+3;;+1/p-1. The molecule has 0 aliphatic rings. The Hall–Kier alpha value is 1.99. The fourth-order valence-electron chi connectivity index (χ4n) is 0. The van der Waals surface area contributed by atoms with Gasteiger partial charge in [0.1, 0.15) is 0 Å². The largest absolute Gasteiger partial charge is 3.00 e. The summed E-state index contributed by atoms with van der Waals surface area (Å²) in [6, 6.07) is 0. The zero-order chi connectivity index (χ0) is 12.0. The van der Waals surface area contributed by atoms with Crippen LogP contribution in [-0.4, -0.2) is 34.7 Å². The maximum atomic E-state index is 3.25. The SMILES string of the molecule is [Al+3].[Al+3].[CH2-]C.[CH2-]C.[CH2-]C.[CH2-]C.[CH2-]C.[CH2-]C.[F-].[Na+]. The molecule has 0 saturated carbocycles. The van der Waals surface area contributed by atoms with Crippen molar-refractivity contribution in [3.8, 4) is 0 Å². The molecule has 0 saturated heterocycles. The molecular formula is C12H30Al2FNa. The summed E-state index contributed by atoms with van der Waals surface area (Å²) in [4.78, 5) is 0. The zero-order valence-corrected chi connectivity index (χ0v) is 17.1. The first-order chi connectivity index (χ1) is 6.00. The van der Waals surface area contributed by atoms with Gasteiger partial charge in [0.05, 0.1) is 0 Å². The molecule has 92 valence electrons. The Morgan fingerprint density at radius 1 is 0.375 bits per heavy atom. The van der Waals surface area contributed by atoms with E-state index >= 15 is 0 Å². The van der Waals surface area contributed by atoms with Crippen LogP contribution in [0.15, 0.2) is 0 Å². The molecule has 0 fully saturated rings. The summed E-state index contributed by atoms with van der Waals surface area (Å²) in [7, 11) is 0. The van der Waals surface area contributed by atoms with Crippen molar-refractivity contribution in [2.45, 2.75) is 41.5 Å². The average molecular weight is 270 g/mol. The van der Waals surface area contributed by atoms with Gasteiger partial charge in [-0.3, -0.25) is 0 Å². The molecule has 0 aromatic carbocycles. The molecule has 0 aromatic rings. The summed E-state index contributed by atoms with van der Waals surface area (Å²) in [6.07, 6.45) is 0. The van der Waals surface area contributed by atoms with Gasteiger partial charge >= 0.3 is 64.3 Å². The van der Waals surface area contributed by atoms with Crippen LogP contribution >= 0.6 is 0 Å². The van der Waals surface area contributed by atoms with E-state index in [0.29, 0.717) is 0 Å². The van der Waals surface area contributed by atoms with Crippen LogP contribution in [0.3, 0.4) is 0 Å². The van der Waals surface area contributed by atoms with Gasteiger partial charge in [-0.2, -0.15) is 41.5 Å². The van der Waals surface area contributed by atoms with Crippen molar-refractivity contribution in [3.63, 3.8) is 0 Å². The summed E-state index contributed by atoms with van der Waals surface area (Å²) in [6.45, 7) is 30.0. The van der Waals surface area contributed by atoms with Crippen LogP contribution in [-0.2, 0) is 0 Å². The molecule has 0 heterocycles. The summed E-state index contributed by atoms with van der Waals surface area (Å²) in [5.74, 6) is 0. The normalized spacial score (nSPS) is 2.25. The van der Waals surface area contributed by atoms with Crippen molar-refractivity contribution in [1.29, 1.82) is 0 Å². The molecule has 0 nitrogen and oxygen atoms in total. The van der Waals surface area contributed by atoms with Gasteiger partial charge in [-0.05, 0) is 0 Å². The third-order valence-electron chi connectivity index (χ3n) is 0. The van der Waals surface area contributed by atoms with Gasteiger partial charge in [0.25, 0.3) is 0 Å². The van der Waals surface area contributed by atoms with E-state index in [9.17, 15) is 0 Å². The Morgan fingerprint density at radius 3 is 0.375 bits per heavy atom. The third-order valence-corrected chi connectivity index (χ3v) is 0. The summed E-state index contributed by atoms with van der Waals surface area (Å²) >= 11 is 0. The van der Waals surface area contributed by atoms with Crippen molar-refractivity contribution >= 4 is 34.7 Å². The maximum Gasteiger partial charge on any atom is 3.00 e. The molecule has 0 bridgehead atoms. The van der Waals surface area contributed by atoms with Crippen molar-refractivity contribution < 1.29 is 34.3 Å². The van der Waals surface area contributed by atoms with Gasteiger partial charge in [0.2, 0.25) is 0 Å². The van der Waals surface area contributed by atoms with Gasteiger partial charge in [0, 0.05) is 0 Å². The molecule has 0 atom stereocenters. The number of hydrogen-bond donors (Lipinski definition) is 0. The van der Waals surface area contributed by atoms with Crippen LogP contribution in [0.25, 0.3) is 0 Å². The molecule has 0 aromatic heterocycles. The van der Waals surface area contributed by atoms with E-state index in [2.05, 4.69) is 41.5 Å². The third kappa shape index (κ3) is 904. The summed E-state index contributed by atoms with van der Waals surface area (Å²) in [5, 5.41) is 0. The average Bonchev–Trinajstić information content (AvgIpc) is 2.33. The second kappa shape index (κ2) is 1090. The Balaban J connectivity index is -0.00000000321. The molecule has 0 aliphatic heterocycles. The van der Waals surface area contributed by atoms with E-state index < -0.39 is 0 Å². The van der Waals surface area contributed by atoms with Gasteiger partial charge in [-0.25, -0.2) is 0 Å². The van der Waals surface area contributed by atoms with Crippen molar-refractivity contribution in [2.75, 3.05) is 0 Å². The smallest absolute Gasteiger partial charge is 1.00 e. The first kappa shape index (κ1) is 81.3. The van der Waals surface area contributed by atoms with Crippen LogP contribution in [0.5, 0.6) is 0 Å². The topological polar surface area (TPSA) is 0 Å². The Morgan fingerprint density at radius 2 is 0.375 bits per heavy atom. The fourth-order valence-corrected chi connectivity index (χ4v) is 0. The van der Waals surface area contributed by atoms with Crippen LogP contribution in [0.4, 0.5) is 0 Å². The molecule has 4 heteroatoms. The molecule has 0 N–H and O–H groups in total. The Labute approximate surface area is 151 Å². The molecule has 0 radical (unpaired) electrons. The van der Waals surface area contributed by atoms with Crippen molar-refractivity contribution in [2.24, 2.45) is 0 Å². The molecular weight excluding hydrogens is 240 g/mol. The van der Waals surface area contributed by atoms with Crippen molar-refractivity contribution in [1.82, 2.24) is 0 Å². The molecule has 0 spiro atoms. The Bertz CT molecular complexity index is 19.0. The van der Waals surface area contributed by atoms with E-state index in [1.54, 1.807) is 41.5 Å². The minimum atomic E-state index is 0. The second-order valence-corrected chi connectivity index (χ2v) is 0. The van der Waals surface area contributed by atoms with Gasteiger partial charge < -0.3 is 46.2 Å². The first-order valence-corrected chi connectivity index (χ1v) is 4.24. The summed E-state index contributed by atoms with van der Waals surface area (Å²) < 4.78 is 0. The summed E-state index contributed by atoms with van der Waals surface area (Å²) in [5.41, 5.74) is 0. The molecule has 0 rings (SSSR count). The van der Waals surface area contributed by atoms with Crippen LogP contribution < -0.4 is 34.3 Å². The van der Waals surface area contributed by atoms with Gasteiger partial charge in [-0.1, -0.05) is 0 Å². The van der Waals surface area contributed by atoms with Crippen LogP contribution in [0, 0.1) is 41.5 Å². The van der Waals surface area contributed by atoms with E-state index in [1.165, 1.54) is 0 Å². The fraction of sp³-hybridized carbons (Fsp3) is 0.500. The maximum absolute atomic E-state index is 3.25. The van der Waals surface area contributed by atoms with E-state index in [1.807, 2.05) is 0 Å². The predicted octanol–water partition coefficient (Wildman–Crippen LogP) is -1.71. The van der Waals surface area contributed by atoms with E-state index in [0.717, 1.165) is 0 Å². The van der Waals surface area contributed by atoms with E-state index in [-0.39, 0.29) is 69.0 Å². The molecule has 0 amide bonds. The monoisotopic (exact) mass is 270 g/mol. The minimum Gasteiger partial charge on any atom is -1.00 e. The minimum absolute atomic E-state index is 0. The van der Waals surface area contributed by atoms with Crippen LogP contribution in [0.2, 0.25) is 0 Å². The Kier molecular flexibility index (Phi) is 5550. The molecule has 0 aliphatic carbocycles. The predicted molar refractivity (Wildman–Crippen MR) is 77.7 cm³/mol. The van der Waals surface area contributed by atoms with Gasteiger partial charge in [-0.15, -0.1) is 0 Å². The molecule has 0 unspecified atom stereocenters. The quantitative estimate of drug-likeness (QED) is 0.363. The molecule has 16 heavy (non-hydrogen) atoms. The van der Waals surface area contributed by atoms with Gasteiger partial charge in [0.15, 0.2) is 0 Å². The zero-order valence-electron chi connectivity index (χ0n) is 12.8. The number of hydrogen-bond acceptors (Lipinski definition) is 0.